The highest BCUT2D eigenvalue weighted by Crippen LogP contribution is 2.63. The Hall–Kier alpha value is -3.52. The van der Waals surface area contributed by atoms with Crippen LogP contribution in [0.5, 0.6) is 0 Å². The Bertz CT molecular complexity index is 2100. The highest BCUT2D eigenvalue weighted by Gasteiger charge is 2.54. The number of benzene rings is 4. The van der Waals surface area contributed by atoms with Crippen LogP contribution in [0.3, 0.4) is 0 Å². The summed E-state index contributed by atoms with van der Waals surface area (Å²) in [6.45, 7) is 25.7. The van der Waals surface area contributed by atoms with Gasteiger partial charge in [-0.15, -0.1) is 0 Å². The fourth-order valence-electron chi connectivity index (χ4n) is 8.10. The molecule has 0 amide bonds. The van der Waals surface area contributed by atoms with Gasteiger partial charge in [-0.2, -0.15) is 0 Å². The summed E-state index contributed by atoms with van der Waals surface area (Å²) in [5.74, 6) is 0. The molecule has 0 heterocycles. The third-order valence-corrected chi connectivity index (χ3v) is 19.2. The van der Waals surface area contributed by atoms with Gasteiger partial charge in [0.2, 0.25) is 25.3 Å². The molecule has 4 aromatic carbocycles. The van der Waals surface area contributed by atoms with Crippen LogP contribution in [0.2, 0.25) is 0 Å². The fourth-order valence-corrected chi connectivity index (χ4v) is 14.4. The van der Waals surface area contributed by atoms with Crippen LogP contribution in [-0.4, -0.2) is 70.6 Å². The van der Waals surface area contributed by atoms with Gasteiger partial charge >= 0.3 is 0 Å². The maximum absolute atomic E-state index is 15.5. The van der Waals surface area contributed by atoms with Crippen molar-refractivity contribution in [1.82, 2.24) is 0 Å². The summed E-state index contributed by atoms with van der Waals surface area (Å²) in [7, 11) is -7.88. The highest BCUT2D eigenvalue weighted by atomic mass is 31.2. The Kier molecular flexibility index (Phi) is 16.6. The first-order chi connectivity index (χ1) is 28.8. The van der Waals surface area contributed by atoms with E-state index in [0.717, 1.165) is 33.4 Å². The molecule has 4 rings (SSSR count). The highest BCUT2D eigenvalue weighted by molar-refractivity contribution is 7.89. The Morgan fingerprint density at radius 2 is 0.823 bits per heavy atom. The van der Waals surface area contributed by atoms with Gasteiger partial charge in [0.15, 0.2) is 0 Å². The van der Waals surface area contributed by atoms with Gasteiger partial charge < -0.3 is 33.2 Å². The minimum Gasteiger partial charge on any atom is -0.388 e. The monoisotopic (exact) mass is 888 g/mol. The number of hydrogen-bond donors (Lipinski definition) is 1. The molecule has 0 aromatic heterocycles. The minimum absolute atomic E-state index is 0.0162. The van der Waals surface area contributed by atoms with Crippen LogP contribution in [0.15, 0.2) is 84.9 Å². The molecule has 338 valence electrons. The second-order valence-corrected chi connectivity index (χ2v) is 24.7. The Morgan fingerprint density at radius 3 is 1.10 bits per heavy atom. The van der Waals surface area contributed by atoms with Crippen molar-refractivity contribution in [2.75, 3.05) is 26.4 Å². The van der Waals surface area contributed by atoms with Crippen molar-refractivity contribution in [1.29, 1.82) is 0 Å². The van der Waals surface area contributed by atoms with E-state index in [4.69, 9.17) is 18.9 Å². The Morgan fingerprint density at radius 1 is 0.532 bits per heavy atom. The number of ether oxygens (including phenoxy) is 4. The van der Waals surface area contributed by atoms with Crippen molar-refractivity contribution >= 4 is 35.9 Å². The molecule has 4 atom stereocenters. The average Bonchev–Trinajstić information content (AvgIpc) is 3.22. The van der Waals surface area contributed by atoms with E-state index in [0.29, 0.717) is 21.7 Å². The summed E-state index contributed by atoms with van der Waals surface area (Å²) in [6, 6.07) is 25.5. The lowest BCUT2D eigenvalue weighted by atomic mass is 10.0. The molecule has 0 radical (unpaired) electrons. The zero-order valence-electron chi connectivity index (χ0n) is 39.5. The van der Waals surface area contributed by atoms with Gasteiger partial charge in [-0.3, -0.25) is 9.59 Å². The average molecular weight is 889 g/mol. The van der Waals surface area contributed by atoms with E-state index < -0.39 is 53.3 Å². The Labute approximate surface area is 371 Å². The lowest BCUT2D eigenvalue weighted by Crippen LogP contribution is -2.44. The molecule has 4 unspecified atom stereocenters. The molecular formula is C51H70O9P2. The molecule has 0 spiro atoms. The number of hydrogen-bond acceptors (Lipinski definition) is 9. The minimum atomic E-state index is -3.94. The topological polar surface area (TPSA) is 125 Å². The van der Waals surface area contributed by atoms with Crippen molar-refractivity contribution < 1.29 is 42.8 Å². The van der Waals surface area contributed by atoms with Gasteiger partial charge in [-0.05, 0) is 118 Å². The predicted molar refractivity (Wildman–Crippen MR) is 253 cm³/mol. The van der Waals surface area contributed by atoms with E-state index in [9.17, 15) is 14.7 Å². The standard InChI is InChI=1S/C51H70O9P2/c1-15-50(13,61(55,42-23-19-17-20-24-42)46(53)44-37(5)27-35(3)28-38(44)6)59-33-48(9,10)57-31-41(52)32-58-49(11,12)34-60-51(14,16-2)62(56,43-25-21-18-22-26-43)47(54)45-39(7)29-36(4)30-40(45)8/h17-30,41,52H,15-16,31-34H2,1-14H3. The van der Waals surface area contributed by atoms with Crippen LogP contribution in [-0.2, 0) is 28.1 Å². The normalized spacial score (nSPS) is 16.7. The predicted octanol–water partition coefficient (Wildman–Crippen LogP) is 11.1. The van der Waals surface area contributed by atoms with Gasteiger partial charge in [-0.25, -0.2) is 0 Å². The van der Waals surface area contributed by atoms with Gasteiger partial charge in [0.05, 0.1) is 37.6 Å². The van der Waals surface area contributed by atoms with E-state index in [1.807, 2.05) is 119 Å². The molecule has 0 fully saturated rings. The summed E-state index contributed by atoms with van der Waals surface area (Å²) in [5, 5.41) is 9.22. The summed E-state index contributed by atoms with van der Waals surface area (Å²) in [5.41, 5.74) is 3.20. The Balaban J connectivity index is 1.46. The molecule has 0 aliphatic carbocycles. The number of carbonyl (C=O) groups is 2. The SMILES string of the molecule is CCC(C)(OCC(C)(C)OCC(O)COC(C)(C)COC(C)(CC)P(=O)(C(=O)c1c(C)cc(C)cc1C)c1ccccc1)P(=O)(C(=O)c1c(C)cc(C)cc1C)c1ccccc1. The molecule has 11 heteroatoms. The van der Waals surface area contributed by atoms with Crippen molar-refractivity contribution in [3.05, 3.63) is 129 Å². The number of aliphatic hydroxyl groups excluding tert-OH is 1. The first kappa shape index (κ1) is 51.1. The van der Waals surface area contributed by atoms with Crippen LogP contribution < -0.4 is 10.6 Å². The second kappa shape index (κ2) is 20.1. The van der Waals surface area contributed by atoms with Crippen LogP contribution in [0.1, 0.15) is 122 Å². The van der Waals surface area contributed by atoms with Crippen molar-refractivity contribution in [3.63, 3.8) is 0 Å². The third kappa shape index (κ3) is 10.9. The van der Waals surface area contributed by atoms with Gasteiger partial charge in [0, 0.05) is 21.7 Å². The first-order valence-electron chi connectivity index (χ1n) is 21.6. The molecule has 0 aliphatic heterocycles. The molecule has 1 N–H and O–H groups in total. The van der Waals surface area contributed by atoms with Crippen molar-refractivity contribution in [2.24, 2.45) is 0 Å². The summed E-state index contributed by atoms with van der Waals surface area (Å²) >= 11 is 0. The molecule has 0 bridgehead atoms. The third-order valence-electron chi connectivity index (χ3n) is 12.0. The van der Waals surface area contributed by atoms with Crippen LogP contribution in [0.25, 0.3) is 0 Å². The van der Waals surface area contributed by atoms with Crippen LogP contribution in [0.4, 0.5) is 0 Å². The summed E-state index contributed by atoms with van der Waals surface area (Å²) in [4.78, 5) is 29.2. The lowest BCUT2D eigenvalue weighted by molar-refractivity contribution is -0.149. The molecule has 62 heavy (non-hydrogen) atoms. The lowest BCUT2D eigenvalue weighted by Gasteiger charge is -2.40. The molecule has 0 saturated heterocycles. The zero-order valence-corrected chi connectivity index (χ0v) is 41.3. The number of rotatable bonds is 22. The summed E-state index contributed by atoms with van der Waals surface area (Å²) < 4.78 is 56.5. The molecule has 9 nitrogen and oxygen atoms in total. The molecule has 0 saturated carbocycles. The van der Waals surface area contributed by atoms with Crippen LogP contribution in [0, 0.1) is 41.5 Å². The molecule has 0 aliphatic rings. The van der Waals surface area contributed by atoms with Gasteiger partial charge in [0.1, 0.15) is 16.8 Å². The van der Waals surface area contributed by atoms with Crippen molar-refractivity contribution in [2.45, 2.75) is 138 Å². The fraction of sp³-hybridized carbons (Fsp3) is 0.490. The second-order valence-electron chi connectivity index (χ2n) is 18.5. The first-order valence-corrected chi connectivity index (χ1v) is 25.0. The van der Waals surface area contributed by atoms with E-state index in [1.54, 1.807) is 62.4 Å². The molecule has 4 aromatic rings. The van der Waals surface area contributed by atoms with Crippen LogP contribution >= 0.6 is 14.3 Å². The van der Waals surface area contributed by atoms with Gasteiger partial charge in [-0.1, -0.05) is 110 Å². The quantitative estimate of drug-likeness (QED) is 0.0768. The largest absolute Gasteiger partial charge is 0.388 e. The molecular weight excluding hydrogens is 818 g/mol. The van der Waals surface area contributed by atoms with E-state index >= 15 is 9.13 Å². The van der Waals surface area contributed by atoms with Gasteiger partial charge in [0.25, 0.3) is 0 Å². The van der Waals surface area contributed by atoms with E-state index in [-0.39, 0.29) is 39.3 Å². The van der Waals surface area contributed by atoms with E-state index in [2.05, 4.69) is 0 Å². The maximum atomic E-state index is 15.5. The van der Waals surface area contributed by atoms with Crippen molar-refractivity contribution in [3.8, 4) is 0 Å². The van der Waals surface area contributed by atoms with E-state index in [1.165, 1.54) is 0 Å². The number of aryl methyl sites for hydroxylation is 6. The maximum Gasteiger partial charge on any atom is 0.229 e. The summed E-state index contributed by atoms with van der Waals surface area (Å²) in [6.07, 6.45) is -0.469. The zero-order chi connectivity index (χ0) is 46.5. The smallest absolute Gasteiger partial charge is 0.229 e. The number of aliphatic hydroxyl groups is 1. The number of carbonyl (C=O) groups excluding carboxylic acids is 2.